The number of rotatable bonds is 5. The minimum absolute atomic E-state index is 0.0687. The van der Waals surface area contributed by atoms with Gasteiger partial charge in [0.15, 0.2) is 11.6 Å². The van der Waals surface area contributed by atoms with Crippen LogP contribution in [0.4, 0.5) is 20.2 Å². The molecule has 4 N–H and O–H groups in total. The Hall–Kier alpha value is -3.00. The lowest BCUT2D eigenvalue weighted by atomic mass is 10.2. The van der Waals surface area contributed by atoms with E-state index in [4.69, 9.17) is 10.5 Å². The highest BCUT2D eigenvalue weighted by molar-refractivity contribution is 6.07. The van der Waals surface area contributed by atoms with Crippen LogP contribution in [0.3, 0.4) is 0 Å². The van der Waals surface area contributed by atoms with Gasteiger partial charge in [-0.1, -0.05) is 0 Å². The van der Waals surface area contributed by atoms with E-state index in [0.717, 1.165) is 18.2 Å². The van der Waals surface area contributed by atoms with Crippen molar-refractivity contribution < 1.29 is 23.1 Å². The molecular formula is C16H15F2N3O3. The molecule has 0 saturated heterocycles. The summed E-state index contributed by atoms with van der Waals surface area (Å²) in [4.78, 5) is 23.7. The number of benzene rings is 2. The summed E-state index contributed by atoms with van der Waals surface area (Å²) in [7, 11) is 1.45. The molecule has 2 rings (SSSR count). The van der Waals surface area contributed by atoms with Crippen LogP contribution in [0.5, 0.6) is 5.75 Å². The number of anilines is 2. The first-order valence-corrected chi connectivity index (χ1v) is 6.89. The lowest BCUT2D eigenvalue weighted by molar-refractivity contribution is -0.114. The van der Waals surface area contributed by atoms with Gasteiger partial charge in [-0.25, -0.2) is 8.78 Å². The Morgan fingerprint density at radius 1 is 1.04 bits per heavy atom. The predicted molar refractivity (Wildman–Crippen MR) is 85.0 cm³/mol. The number of carbonyl (C=O) groups excluding carboxylic acids is 2. The first kappa shape index (κ1) is 17.4. The summed E-state index contributed by atoms with van der Waals surface area (Å²) in [5.41, 5.74) is 5.71. The van der Waals surface area contributed by atoms with E-state index in [2.05, 4.69) is 10.6 Å². The molecule has 0 atom stereocenters. The number of halogens is 2. The standard InChI is InChI=1S/C16H15F2N3O3/c1-24-10-3-5-13(14(7-10)20-15(22)8-19)21-16(23)9-2-4-11(17)12(18)6-9/h2-7H,8,19H2,1H3,(H,20,22)(H,21,23). The summed E-state index contributed by atoms with van der Waals surface area (Å²) in [6, 6.07) is 7.35. The summed E-state index contributed by atoms with van der Waals surface area (Å²) in [6.45, 7) is -0.242. The molecule has 24 heavy (non-hydrogen) atoms. The highest BCUT2D eigenvalue weighted by atomic mass is 19.2. The van der Waals surface area contributed by atoms with Gasteiger partial charge in [0.2, 0.25) is 5.91 Å². The van der Waals surface area contributed by atoms with E-state index in [1.807, 2.05) is 0 Å². The fourth-order valence-corrected chi connectivity index (χ4v) is 1.90. The lowest BCUT2D eigenvalue weighted by Gasteiger charge is -2.13. The largest absolute Gasteiger partial charge is 0.497 e. The van der Waals surface area contributed by atoms with E-state index in [9.17, 15) is 18.4 Å². The maximum atomic E-state index is 13.2. The molecule has 0 fully saturated rings. The molecule has 0 aliphatic rings. The number of hydrogen-bond acceptors (Lipinski definition) is 4. The molecule has 0 aromatic heterocycles. The van der Waals surface area contributed by atoms with Crippen LogP contribution in [0, 0.1) is 11.6 Å². The van der Waals surface area contributed by atoms with Crippen molar-refractivity contribution in [3.8, 4) is 5.75 Å². The van der Waals surface area contributed by atoms with E-state index >= 15 is 0 Å². The van der Waals surface area contributed by atoms with Crippen molar-refractivity contribution in [2.24, 2.45) is 5.73 Å². The Morgan fingerprint density at radius 3 is 2.42 bits per heavy atom. The normalized spacial score (nSPS) is 10.2. The molecule has 0 spiro atoms. The average molecular weight is 335 g/mol. The molecule has 0 saturated carbocycles. The van der Waals surface area contributed by atoms with Gasteiger partial charge < -0.3 is 21.1 Å². The molecule has 8 heteroatoms. The van der Waals surface area contributed by atoms with Crippen molar-refractivity contribution in [1.82, 2.24) is 0 Å². The van der Waals surface area contributed by atoms with E-state index < -0.39 is 23.4 Å². The summed E-state index contributed by atoms with van der Waals surface area (Å²) in [5, 5.41) is 5.03. The quantitative estimate of drug-likeness (QED) is 0.780. The third kappa shape index (κ3) is 4.05. The second-order valence-electron chi connectivity index (χ2n) is 4.75. The fourth-order valence-electron chi connectivity index (χ4n) is 1.90. The SMILES string of the molecule is COc1ccc(NC(=O)c2ccc(F)c(F)c2)c(NC(=O)CN)c1. The van der Waals surface area contributed by atoms with Crippen molar-refractivity contribution in [3.63, 3.8) is 0 Å². The Morgan fingerprint density at radius 2 is 1.79 bits per heavy atom. The van der Waals surface area contributed by atoms with Crippen LogP contribution in [0.15, 0.2) is 36.4 Å². The van der Waals surface area contributed by atoms with Gasteiger partial charge in [-0.2, -0.15) is 0 Å². The number of nitrogens with one attached hydrogen (secondary N) is 2. The molecule has 0 unspecified atom stereocenters. The first-order valence-electron chi connectivity index (χ1n) is 6.89. The van der Waals surface area contributed by atoms with Crippen LogP contribution in [-0.2, 0) is 4.79 Å². The van der Waals surface area contributed by atoms with Gasteiger partial charge in [-0.3, -0.25) is 9.59 Å². The van der Waals surface area contributed by atoms with Gasteiger partial charge in [0.1, 0.15) is 5.75 Å². The van der Waals surface area contributed by atoms with Gasteiger partial charge in [0, 0.05) is 11.6 Å². The first-order chi connectivity index (χ1) is 11.4. The van der Waals surface area contributed by atoms with Crippen LogP contribution in [-0.4, -0.2) is 25.5 Å². The molecule has 0 radical (unpaired) electrons. The number of methoxy groups -OCH3 is 1. The second-order valence-corrected chi connectivity index (χ2v) is 4.75. The highest BCUT2D eigenvalue weighted by Crippen LogP contribution is 2.27. The maximum absolute atomic E-state index is 13.2. The third-order valence-electron chi connectivity index (χ3n) is 3.12. The Bertz CT molecular complexity index is 781. The minimum atomic E-state index is -1.13. The topological polar surface area (TPSA) is 93.5 Å². The van der Waals surface area contributed by atoms with Gasteiger partial charge in [0.05, 0.1) is 25.0 Å². The van der Waals surface area contributed by atoms with E-state index in [-0.39, 0.29) is 23.5 Å². The van der Waals surface area contributed by atoms with E-state index in [0.29, 0.717) is 5.75 Å². The van der Waals surface area contributed by atoms with Gasteiger partial charge >= 0.3 is 0 Å². The molecule has 126 valence electrons. The molecular weight excluding hydrogens is 320 g/mol. The molecule has 6 nitrogen and oxygen atoms in total. The van der Waals surface area contributed by atoms with Crippen LogP contribution in [0.25, 0.3) is 0 Å². The molecule has 0 bridgehead atoms. The summed E-state index contributed by atoms with van der Waals surface area (Å²) in [6.07, 6.45) is 0. The summed E-state index contributed by atoms with van der Waals surface area (Å²) < 4.78 is 31.2. The third-order valence-corrected chi connectivity index (χ3v) is 3.12. The van der Waals surface area contributed by atoms with Gasteiger partial charge in [-0.05, 0) is 30.3 Å². The summed E-state index contributed by atoms with van der Waals surface area (Å²) >= 11 is 0. The number of ether oxygens (including phenoxy) is 1. The van der Waals surface area contributed by atoms with Crippen LogP contribution in [0.2, 0.25) is 0 Å². The van der Waals surface area contributed by atoms with Crippen molar-refractivity contribution in [2.75, 3.05) is 24.3 Å². The molecule has 0 aliphatic heterocycles. The highest BCUT2D eigenvalue weighted by Gasteiger charge is 2.13. The Labute approximate surface area is 136 Å². The molecule has 0 heterocycles. The molecule has 0 aliphatic carbocycles. The van der Waals surface area contributed by atoms with Crippen molar-refractivity contribution >= 4 is 23.2 Å². The van der Waals surface area contributed by atoms with Crippen LogP contribution < -0.4 is 21.1 Å². The van der Waals surface area contributed by atoms with E-state index in [1.165, 1.54) is 19.2 Å². The zero-order valence-electron chi connectivity index (χ0n) is 12.7. The van der Waals surface area contributed by atoms with Crippen molar-refractivity contribution in [1.29, 1.82) is 0 Å². The maximum Gasteiger partial charge on any atom is 0.255 e. The zero-order valence-corrected chi connectivity index (χ0v) is 12.7. The smallest absolute Gasteiger partial charge is 0.255 e. The van der Waals surface area contributed by atoms with Crippen LogP contribution >= 0.6 is 0 Å². The number of hydrogen-bond donors (Lipinski definition) is 3. The summed E-state index contributed by atoms with van der Waals surface area (Å²) in [5.74, 6) is -2.86. The second kappa shape index (κ2) is 7.51. The minimum Gasteiger partial charge on any atom is -0.497 e. The van der Waals surface area contributed by atoms with Crippen LogP contribution in [0.1, 0.15) is 10.4 Å². The fraction of sp³-hybridized carbons (Fsp3) is 0.125. The Balaban J connectivity index is 2.28. The monoisotopic (exact) mass is 335 g/mol. The van der Waals surface area contributed by atoms with Gasteiger partial charge in [-0.15, -0.1) is 0 Å². The Kier molecular flexibility index (Phi) is 5.43. The van der Waals surface area contributed by atoms with Crippen molar-refractivity contribution in [3.05, 3.63) is 53.6 Å². The number of nitrogens with two attached hydrogens (primary N) is 1. The zero-order chi connectivity index (χ0) is 17.7. The van der Waals surface area contributed by atoms with Crippen molar-refractivity contribution in [2.45, 2.75) is 0 Å². The number of amides is 2. The molecule has 2 aromatic carbocycles. The molecule has 2 aromatic rings. The molecule has 2 amide bonds. The lowest BCUT2D eigenvalue weighted by Crippen LogP contribution is -2.23. The number of carbonyl (C=O) groups is 2. The average Bonchev–Trinajstić information content (AvgIpc) is 2.58. The van der Waals surface area contributed by atoms with E-state index in [1.54, 1.807) is 6.07 Å². The van der Waals surface area contributed by atoms with Gasteiger partial charge in [0.25, 0.3) is 5.91 Å². The predicted octanol–water partition coefficient (Wildman–Crippen LogP) is 2.12.